The summed E-state index contributed by atoms with van der Waals surface area (Å²) in [6.45, 7) is 5.55. The van der Waals surface area contributed by atoms with Crippen molar-refractivity contribution in [3.63, 3.8) is 0 Å². The summed E-state index contributed by atoms with van der Waals surface area (Å²) in [5, 5.41) is 0. The Hall–Kier alpha value is 0.0125. The van der Waals surface area contributed by atoms with Crippen molar-refractivity contribution in [1.29, 1.82) is 0 Å². The molecule has 0 aliphatic heterocycles. The maximum Gasteiger partial charge on any atom is 0.187 e. The second-order valence-corrected chi connectivity index (χ2v) is 1.09. The van der Waals surface area contributed by atoms with Gasteiger partial charge >= 0.3 is 0 Å². The second-order valence-electron chi connectivity index (χ2n) is 1.09. The molecular formula is C6H13Al. The van der Waals surface area contributed by atoms with Crippen LogP contribution in [0.2, 0.25) is 0 Å². The molecule has 0 aromatic carbocycles. The van der Waals surface area contributed by atoms with Gasteiger partial charge in [-0.25, -0.2) is 0 Å². The summed E-state index contributed by atoms with van der Waals surface area (Å²) >= 11 is 0. The number of hydrogen-bond donors (Lipinski definition) is 0. The predicted octanol–water partition coefficient (Wildman–Crippen LogP) is 0.955. The molecule has 0 N–H and O–H groups in total. The molecule has 0 fully saturated rings. The summed E-state index contributed by atoms with van der Waals surface area (Å²) in [7, 11) is 0. The number of allylic oxidation sites excluding steroid dienone is 3. The topological polar surface area (TPSA) is 0 Å². The fraction of sp³-hybridized carbons (Fsp3) is 0.333. The van der Waals surface area contributed by atoms with Crippen molar-refractivity contribution in [3.05, 3.63) is 24.8 Å². The normalized spacial score (nSPS) is 8.14. The molecule has 0 rings (SSSR count). The summed E-state index contributed by atoms with van der Waals surface area (Å²) < 4.78 is 0. The molecule has 0 saturated carbocycles. The second kappa shape index (κ2) is 9.38. The molecule has 0 bridgehead atoms. The molecule has 0 atom stereocenters. The molecule has 0 saturated heterocycles. The zero-order valence-electron chi connectivity index (χ0n) is 4.15. The minimum atomic E-state index is 0. The SMILES string of the molecule is C=CCC=CC.[AlH3]. The molecule has 1 heteroatoms. The van der Waals surface area contributed by atoms with Crippen molar-refractivity contribution < 1.29 is 0 Å². The van der Waals surface area contributed by atoms with Crippen molar-refractivity contribution in [2.45, 2.75) is 13.3 Å². The molecule has 0 aromatic rings. The highest BCUT2D eigenvalue weighted by Gasteiger charge is 1.57. The van der Waals surface area contributed by atoms with E-state index in [-0.39, 0.29) is 17.4 Å². The maximum absolute atomic E-state index is 3.55. The molecule has 0 aromatic heterocycles. The van der Waals surface area contributed by atoms with Gasteiger partial charge in [0.15, 0.2) is 17.4 Å². The fourth-order valence-corrected chi connectivity index (χ4v) is 0.232. The third-order valence-corrected chi connectivity index (χ3v) is 0.538. The van der Waals surface area contributed by atoms with Gasteiger partial charge in [0, 0.05) is 0 Å². The monoisotopic (exact) mass is 112 g/mol. The Kier molecular flexibility index (Phi) is 13.5. The highest BCUT2D eigenvalue weighted by Crippen LogP contribution is 1.78. The number of rotatable bonds is 2. The van der Waals surface area contributed by atoms with Crippen molar-refractivity contribution in [3.8, 4) is 0 Å². The largest absolute Gasteiger partial charge is 0.187 e. The van der Waals surface area contributed by atoms with E-state index in [0.29, 0.717) is 0 Å². The Morgan fingerprint density at radius 1 is 1.57 bits per heavy atom. The van der Waals surface area contributed by atoms with Crippen molar-refractivity contribution in [1.82, 2.24) is 0 Å². The van der Waals surface area contributed by atoms with Crippen molar-refractivity contribution in [2.24, 2.45) is 0 Å². The van der Waals surface area contributed by atoms with E-state index in [9.17, 15) is 0 Å². The van der Waals surface area contributed by atoms with E-state index in [2.05, 4.69) is 12.7 Å². The zero-order valence-corrected chi connectivity index (χ0v) is 4.15. The lowest BCUT2D eigenvalue weighted by atomic mass is 10.4. The van der Waals surface area contributed by atoms with Gasteiger partial charge in [-0.3, -0.25) is 0 Å². The van der Waals surface area contributed by atoms with E-state index in [4.69, 9.17) is 0 Å². The van der Waals surface area contributed by atoms with Gasteiger partial charge in [-0.1, -0.05) is 18.2 Å². The summed E-state index contributed by atoms with van der Waals surface area (Å²) in [5.41, 5.74) is 0. The van der Waals surface area contributed by atoms with Gasteiger partial charge in [0.25, 0.3) is 0 Å². The third kappa shape index (κ3) is 10.7. The van der Waals surface area contributed by atoms with Crippen LogP contribution in [0, 0.1) is 0 Å². The molecule has 40 valence electrons. The lowest BCUT2D eigenvalue weighted by Gasteiger charge is -1.69. The minimum absolute atomic E-state index is 0. The van der Waals surface area contributed by atoms with Crippen LogP contribution in [-0.4, -0.2) is 17.4 Å². The summed E-state index contributed by atoms with van der Waals surface area (Å²) in [5.74, 6) is 0. The average Bonchev–Trinajstić information content (AvgIpc) is 1.61. The third-order valence-electron chi connectivity index (χ3n) is 0.538. The Balaban J connectivity index is 0. The van der Waals surface area contributed by atoms with Gasteiger partial charge < -0.3 is 0 Å². The standard InChI is InChI=1S/C6H10.Al.3H/c1-3-5-6-4-2;;;;/h3-4,6H,1,5H2,2H3;;;;. The van der Waals surface area contributed by atoms with E-state index in [1.165, 1.54) is 0 Å². The Morgan fingerprint density at radius 3 is 2.29 bits per heavy atom. The first-order chi connectivity index (χ1) is 2.91. The van der Waals surface area contributed by atoms with Gasteiger partial charge in [-0.15, -0.1) is 6.58 Å². The van der Waals surface area contributed by atoms with Crippen molar-refractivity contribution in [2.75, 3.05) is 0 Å². The smallest absolute Gasteiger partial charge is 0.103 e. The maximum atomic E-state index is 3.55. The summed E-state index contributed by atoms with van der Waals surface area (Å²) in [6.07, 6.45) is 6.95. The zero-order chi connectivity index (χ0) is 4.83. The van der Waals surface area contributed by atoms with Crippen LogP contribution in [0.25, 0.3) is 0 Å². The summed E-state index contributed by atoms with van der Waals surface area (Å²) in [6, 6.07) is 0. The minimum Gasteiger partial charge on any atom is -0.103 e. The molecule has 0 heterocycles. The lowest BCUT2D eigenvalue weighted by molar-refractivity contribution is 1.39. The van der Waals surface area contributed by atoms with E-state index < -0.39 is 0 Å². The molecule has 0 aliphatic rings. The lowest BCUT2D eigenvalue weighted by Crippen LogP contribution is -1.48. The molecule has 0 amide bonds. The van der Waals surface area contributed by atoms with Crippen LogP contribution >= 0.6 is 0 Å². The Bertz CT molecular complexity index is 55.2. The predicted molar refractivity (Wildman–Crippen MR) is 39.6 cm³/mol. The first kappa shape index (κ1) is 10.1. The van der Waals surface area contributed by atoms with Crippen molar-refractivity contribution >= 4 is 17.4 Å². The molecule has 0 spiro atoms. The van der Waals surface area contributed by atoms with Crippen LogP contribution in [0.3, 0.4) is 0 Å². The van der Waals surface area contributed by atoms with Gasteiger partial charge in [0.2, 0.25) is 0 Å². The van der Waals surface area contributed by atoms with E-state index >= 15 is 0 Å². The molecule has 0 unspecified atom stereocenters. The van der Waals surface area contributed by atoms with Crippen LogP contribution in [-0.2, 0) is 0 Å². The molecule has 0 aliphatic carbocycles. The highest BCUT2D eigenvalue weighted by molar-refractivity contribution is 5.75. The molecular weight excluding hydrogens is 99.0 g/mol. The van der Waals surface area contributed by atoms with Gasteiger partial charge in [0.05, 0.1) is 0 Å². The first-order valence-corrected chi connectivity index (χ1v) is 2.14. The quantitative estimate of drug-likeness (QED) is 0.368. The molecule has 0 nitrogen and oxygen atoms in total. The number of hydrogen-bond acceptors (Lipinski definition) is 0. The Labute approximate surface area is 56.1 Å². The average molecular weight is 112 g/mol. The van der Waals surface area contributed by atoms with E-state index in [1.54, 1.807) is 0 Å². The molecule has 7 heavy (non-hydrogen) atoms. The van der Waals surface area contributed by atoms with Crippen LogP contribution in [0.15, 0.2) is 24.8 Å². The van der Waals surface area contributed by atoms with Gasteiger partial charge in [0.1, 0.15) is 0 Å². The first-order valence-electron chi connectivity index (χ1n) is 2.14. The van der Waals surface area contributed by atoms with Crippen LogP contribution in [0.5, 0.6) is 0 Å². The van der Waals surface area contributed by atoms with Gasteiger partial charge in [-0.05, 0) is 13.3 Å². The Morgan fingerprint density at radius 2 is 2.14 bits per heavy atom. The van der Waals surface area contributed by atoms with Crippen LogP contribution in [0.4, 0.5) is 0 Å². The van der Waals surface area contributed by atoms with E-state index in [0.717, 1.165) is 6.42 Å². The van der Waals surface area contributed by atoms with E-state index in [1.807, 2.05) is 19.1 Å². The van der Waals surface area contributed by atoms with Crippen LogP contribution in [0.1, 0.15) is 13.3 Å². The summed E-state index contributed by atoms with van der Waals surface area (Å²) in [4.78, 5) is 0. The fourth-order valence-electron chi connectivity index (χ4n) is 0.232. The molecule has 0 radical (unpaired) electrons. The van der Waals surface area contributed by atoms with Crippen LogP contribution < -0.4 is 0 Å². The van der Waals surface area contributed by atoms with Gasteiger partial charge in [-0.2, -0.15) is 0 Å². The highest BCUT2D eigenvalue weighted by atomic mass is 27.0.